The number of amides is 2. The van der Waals surface area contributed by atoms with Crippen LogP contribution in [0.4, 0.5) is 0 Å². The second kappa shape index (κ2) is 7.43. The molecule has 1 aromatic carbocycles. The summed E-state index contributed by atoms with van der Waals surface area (Å²) in [7, 11) is 3.09. The van der Waals surface area contributed by atoms with Crippen LogP contribution in [0.3, 0.4) is 0 Å². The topological polar surface area (TPSA) is 98.8 Å². The van der Waals surface area contributed by atoms with E-state index in [2.05, 4.69) is 0 Å². The van der Waals surface area contributed by atoms with Crippen LogP contribution in [0.2, 0.25) is 0 Å². The first-order valence-electron chi connectivity index (χ1n) is 9.44. The number of hydrogen-bond donors (Lipinski definition) is 1. The molecule has 0 aromatic heterocycles. The molecule has 8 nitrogen and oxygen atoms in total. The Hall–Kier alpha value is -2.61. The van der Waals surface area contributed by atoms with Gasteiger partial charge in [-0.15, -0.1) is 0 Å². The first kappa shape index (κ1) is 20.1. The number of carbonyl (C=O) groups excluding carboxylic acids is 3. The molecule has 8 heteroatoms. The fourth-order valence-electron chi connectivity index (χ4n) is 4.49. The van der Waals surface area contributed by atoms with Gasteiger partial charge >= 0.3 is 5.97 Å². The highest BCUT2D eigenvalue weighted by molar-refractivity contribution is 6.08. The van der Waals surface area contributed by atoms with Crippen molar-refractivity contribution in [2.45, 2.75) is 32.4 Å². The number of methoxy groups -OCH3 is 2. The highest BCUT2D eigenvalue weighted by Gasteiger charge is 2.70. The maximum Gasteiger partial charge on any atom is 0.368 e. The van der Waals surface area contributed by atoms with E-state index < -0.39 is 29.4 Å². The highest BCUT2D eigenvalue weighted by atomic mass is 16.5. The number of imide groups is 1. The van der Waals surface area contributed by atoms with Crippen molar-refractivity contribution < 1.29 is 33.9 Å². The quantitative estimate of drug-likeness (QED) is 0.552. The van der Waals surface area contributed by atoms with Gasteiger partial charge in [0.25, 0.3) is 0 Å². The standard InChI is InChI=1S/C20H26N2O6/c1-6-22-17(23)14-15(18(22)24)20(3,19(25)28-7-2)21-16(14)12-9-8-11(26-4)10-13(12)27-5/h8-10,14-16,21H,6-7H2,1-5H3/p+1/t14-,15+,16+,20-/m1/s1. The number of ether oxygens (including phenoxy) is 3. The largest absolute Gasteiger partial charge is 0.497 e. The predicted molar refractivity (Wildman–Crippen MR) is 98.6 cm³/mol. The molecule has 0 spiro atoms. The predicted octanol–water partition coefficient (Wildman–Crippen LogP) is 0.265. The van der Waals surface area contributed by atoms with Crippen molar-refractivity contribution in [3.05, 3.63) is 23.8 Å². The third-order valence-corrected chi connectivity index (χ3v) is 5.83. The molecule has 2 N–H and O–H groups in total. The second-order valence-corrected chi connectivity index (χ2v) is 7.23. The monoisotopic (exact) mass is 391 g/mol. The number of esters is 1. The van der Waals surface area contributed by atoms with Crippen molar-refractivity contribution in [2.75, 3.05) is 27.4 Å². The van der Waals surface area contributed by atoms with Gasteiger partial charge in [-0.25, -0.2) is 4.79 Å². The summed E-state index contributed by atoms with van der Waals surface area (Å²) in [4.78, 5) is 40.1. The summed E-state index contributed by atoms with van der Waals surface area (Å²) in [6, 6.07) is 4.88. The zero-order valence-corrected chi connectivity index (χ0v) is 16.9. The van der Waals surface area contributed by atoms with Gasteiger partial charge in [-0.3, -0.25) is 14.5 Å². The van der Waals surface area contributed by atoms with Crippen molar-refractivity contribution in [3.8, 4) is 11.5 Å². The van der Waals surface area contributed by atoms with E-state index >= 15 is 0 Å². The maximum atomic E-state index is 13.1. The van der Waals surface area contributed by atoms with E-state index in [1.54, 1.807) is 45.3 Å². The molecule has 0 unspecified atom stereocenters. The summed E-state index contributed by atoms with van der Waals surface area (Å²) in [6.07, 6.45) is 0. The van der Waals surface area contributed by atoms with Crippen LogP contribution < -0.4 is 14.8 Å². The smallest absolute Gasteiger partial charge is 0.368 e. The molecule has 2 aliphatic heterocycles. The molecule has 152 valence electrons. The number of benzene rings is 1. The Labute approximate surface area is 164 Å². The number of likely N-dealkylation sites (tertiary alicyclic amines) is 1. The molecule has 2 fully saturated rings. The summed E-state index contributed by atoms with van der Waals surface area (Å²) in [5.41, 5.74) is -0.446. The minimum Gasteiger partial charge on any atom is -0.497 e. The van der Waals surface area contributed by atoms with Crippen LogP contribution in [0.1, 0.15) is 32.4 Å². The molecular weight excluding hydrogens is 364 g/mol. The van der Waals surface area contributed by atoms with Crippen LogP contribution >= 0.6 is 0 Å². The molecule has 2 heterocycles. The van der Waals surface area contributed by atoms with E-state index in [0.717, 1.165) is 5.56 Å². The van der Waals surface area contributed by atoms with Gasteiger partial charge in [-0.1, -0.05) is 0 Å². The normalized spacial score (nSPS) is 29.0. The summed E-state index contributed by atoms with van der Waals surface area (Å²) in [5.74, 6) is -1.35. The molecule has 0 radical (unpaired) electrons. The third-order valence-electron chi connectivity index (χ3n) is 5.83. The van der Waals surface area contributed by atoms with Crippen molar-refractivity contribution in [1.29, 1.82) is 0 Å². The van der Waals surface area contributed by atoms with Crippen molar-refractivity contribution in [1.82, 2.24) is 4.90 Å². The van der Waals surface area contributed by atoms with Crippen molar-refractivity contribution in [3.63, 3.8) is 0 Å². The Morgan fingerprint density at radius 3 is 2.46 bits per heavy atom. The lowest BCUT2D eigenvalue weighted by Crippen LogP contribution is -2.97. The SMILES string of the molecule is CCOC(=O)[C@]1(C)[NH2+][C@@H](c2ccc(OC)cc2OC)[C@@H]2C(=O)N(CC)C(=O)[C@H]21. The second-order valence-electron chi connectivity index (χ2n) is 7.23. The van der Waals surface area contributed by atoms with Crippen molar-refractivity contribution in [2.24, 2.45) is 11.8 Å². The van der Waals surface area contributed by atoms with Gasteiger partial charge in [-0.2, -0.15) is 0 Å². The molecule has 2 aliphatic rings. The third kappa shape index (κ3) is 2.83. The Bertz CT molecular complexity index is 810. The first-order valence-corrected chi connectivity index (χ1v) is 9.44. The van der Waals surface area contributed by atoms with Gasteiger partial charge in [0, 0.05) is 19.5 Å². The molecule has 3 rings (SSSR count). The molecule has 1 aromatic rings. The summed E-state index contributed by atoms with van der Waals surface area (Å²) >= 11 is 0. The Morgan fingerprint density at radius 2 is 1.89 bits per heavy atom. The van der Waals surface area contributed by atoms with E-state index in [9.17, 15) is 14.4 Å². The summed E-state index contributed by atoms with van der Waals surface area (Å²) in [5, 5.41) is 1.79. The summed E-state index contributed by atoms with van der Waals surface area (Å²) < 4.78 is 16.0. The molecule has 28 heavy (non-hydrogen) atoms. The van der Waals surface area contributed by atoms with Gasteiger partial charge in [0.05, 0.1) is 26.4 Å². The fraction of sp³-hybridized carbons (Fsp3) is 0.550. The van der Waals surface area contributed by atoms with Gasteiger partial charge in [0.1, 0.15) is 29.4 Å². The number of hydrogen-bond acceptors (Lipinski definition) is 6. The maximum absolute atomic E-state index is 13.1. The minimum atomic E-state index is -1.19. The Morgan fingerprint density at radius 1 is 1.18 bits per heavy atom. The fourth-order valence-corrected chi connectivity index (χ4v) is 4.49. The van der Waals surface area contributed by atoms with Crippen LogP contribution in [-0.2, 0) is 19.1 Å². The zero-order chi connectivity index (χ0) is 20.6. The average molecular weight is 391 g/mol. The van der Waals surface area contributed by atoms with Gasteiger partial charge in [-0.05, 0) is 26.0 Å². The number of fused-ring (bicyclic) bond motifs is 1. The lowest BCUT2D eigenvalue weighted by atomic mass is 9.80. The van der Waals surface area contributed by atoms with E-state index in [1.807, 2.05) is 6.07 Å². The highest BCUT2D eigenvalue weighted by Crippen LogP contribution is 2.46. The molecular formula is C20H27N2O6+. The Balaban J connectivity index is 2.12. The van der Waals surface area contributed by atoms with Crippen LogP contribution in [0, 0.1) is 11.8 Å². The van der Waals surface area contributed by atoms with E-state index in [-0.39, 0.29) is 25.0 Å². The average Bonchev–Trinajstić information content (AvgIpc) is 3.15. The molecule has 4 atom stereocenters. The van der Waals surface area contributed by atoms with E-state index in [1.165, 1.54) is 12.0 Å². The van der Waals surface area contributed by atoms with Crippen LogP contribution in [0.15, 0.2) is 18.2 Å². The van der Waals surface area contributed by atoms with E-state index in [0.29, 0.717) is 11.5 Å². The molecule has 2 amide bonds. The van der Waals surface area contributed by atoms with Crippen LogP contribution in [-0.4, -0.2) is 55.6 Å². The molecule has 0 bridgehead atoms. The number of carbonyl (C=O) groups is 3. The van der Waals surface area contributed by atoms with Gasteiger partial charge in [0.2, 0.25) is 17.4 Å². The number of rotatable bonds is 6. The lowest BCUT2D eigenvalue weighted by Gasteiger charge is -2.26. The number of nitrogens with zero attached hydrogens (tertiary/aromatic N) is 1. The molecule has 0 aliphatic carbocycles. The van der Waals surface area contributed by atoms with E-state index in [4.69, 9.17) is 14.2 Å². The Kier molecular flexibility index (Phi) is 5.34. The lowest BCUT2D eigenvalue weighted by molar-refractivity contribution is -0.731. The first-order chi connectivity index (χ1) is 13.3. The van der Waals surface area contributed by atoms with Gasteiger partial charge in [0.15, 0.2) is 0 Å². The summed E-state index contributed by atoms with van der Waals surface area (Å²) in [6.45, 7) is 5.64. The zero-order valence-electron chi connectivity index (χ0n) is 16.9. The minimum absolute atomic E-state index is 0.204. The number of nitrogens with two attached hydrogens (primary N) is 1. The van der Waals surface area contributed by atoms with Gasteiger partial charge < -0.3 is 19.5 Å². The molecule has 0 saturated carbocycles. The van der Waals surface area contributed by atoms with Crippen LogP contribution in [0.5, 0.6) is 11.5 Å². The van der Waals surface area contributed by atoms with Crippen molar-refractivity contribution >= 4 is 17.8 Å². The molecule has 2 saturated heterocycles. The van der Waals surface area contributed by atoms with Crippen LogP contribution in [0.25, 0.3) is 0 Å². The number of quaternary nitrogens is 1.